The van der Waals surface area contributed by atoms with Gasteiger partial charge < -0.3 is 20.9 Å². The van der Waals surface area contributed by atoms with Crippen LogP contribution in [-0.2, 0) is 35.8 Å². The molecule has 4 aromatic rings. The van der Waals surface area contributed by atoms with Crippen molar-refractivity contribution in [1.82, 2.24) is 0 Å². The summed E-state index contributed by atoms with van der Waals surface area (Å²) in [4.78, 5) is 11.8. The van der Waals surface area contributed by atoms with Crippen LogP contribution in [-0.4, -0.2) is 64.1 Å². The van der Waals surface area contributed by atoms with Crippen LogP contribution < -0.4 is 15.8 Å². The number of nitrogens with one attached hydrogen (secondary N) is 1. The van der Waals surface area contributed by atoms with Gasteiger partial charge in [0.25, 0.3) is 26.1 Å². The zero-order valence-electron chi connectivity index (χ0n) is 22.8. The molecule has 0 aliphatic rings. The van der Waals surface area contributed by atoms with E-state index in [0.29, 0.717) is 28.0 Å². The Morgan fingerprint density at radius 3 is 2.05 bits per heavy atom. The maximum Gasteiger partial charge on any atom is 0.294 e. The fourth-order valence-electron chi connectivity index (χ4n) is 3.81. The Morgan fingerprint density at radius 1 is 0.864 bits per heavy atom. The number of hydrogen-bond acceptors (Lipinski definition) is 10. The van der Waals surface area contributed by atoms with E-state index in [1.165, 1.54) is 55.6 Å². The van der Waals surface area contributed by atoms with Gasteiger partial charge in [0.2, 0.25) is 0 Å². The third-order valence-electron chi connectivity index (χ3n) is 5.95. The average Bonchev–Trinajstić information content (AvgIpc) is 2.92. The fraction of sp³-hybridized carbons (Fsp3) is 0.148. The van der Waals surface area contributed by atoms with Crippen molar-refractivity contribution in [2.75, 3.05) is 29.8 Å². The molecule has 44 heavy (non-hydrogen) atoms. The lowest BCUT2D eigenvalue weighted by molar-refractivity contribution is 0.102. The fourth-order valence-corrected chi connectivity index (χ4v) is 6.65. The molecule has 0 aliphatic carbocycles. The molecule has 0 saturated heterocycles. The molecule has 0 bridgehead atoms. The second-order valence-corrected chi connectivity index (χ2v) is 14.6. The molecule has 0 aliphatic heterocycles. The molecule has 236 valence electrons. The number of benzene rings is 4. The average molecular weight is 687 g/mol. The number of amides is 1. The molecule has 0 saturated carbocycles. The van der Waals surface area contributed by atoms with Gasteiger partial charge in [-0.05, 0) is 59.5 Å². The van der Waals surface area contributed by atoms with E-state index < -0.39 is 40.9 Å². The number of hydrogen-bond donors (Lipinski definition) is 5. The van der Waals surface area contributed by atoms with Crippen LogP contribution in [0.1, 0.15) is 15.9 Å². The number of rotatable bonds is 9. The zero-order chi connectivity index (χ0) is 32.9. The molecular formula is C27H27ClN2O11S3. The molecule has 4 rings (SSSR count). The number of nitrogens with two attached hydrogens (primary N) is 1. The van der Waals surface area contributed by atoms with Crippen LogP contribution in [0.4, 0.5) is 11.4 Å². The zero-order valence-corrected chi connectivity index (χ0v) is 26.0. The number of anilines is 2. The van der Waals surface area contributed by atoms with Crippen LogP contribution in [0.2, 0.25) is 0 Å². The SMILES string of the molecule is COc1ccc(S(=O)(=O)O)cc1N.O=C(Nc1ccc2cc(S(=O)(=O)O)cc(O)c2c1)c1ccc(CS(=O)(=O)CCCl)cc1. The molecule has 0 fully saturated rings. The maximum absolute atomic E-state index is 12.5. The van der Waals surface area contributed by atoms with Crippen molar-refractivity contribution in [2.24, 2.45) is 0 Å². The van der Waals surface area contributed by atoms with Gasteiger partial charge in [-0.1, -0.05) is 18.2 Å². The van der Waals surface area contributed by atoms with Gasteiger partial charge in [-0.25, -0.2) is 8.42 Å². The van der Waals surface area contributed by atoms with Crippen LogP contribution in [0.3, 0.4) is 0 Å². The van der Waals surface area contributed by atoms with E-state index in [1.807, 2.05) is 0 Å². The number of carbonyl (C=O) groups is 1. The van der Waals surface area contributed by atoms with Crippen LogP contribution in [0.15, 0.2) is 82.6 Å². The number of ether oxygens (including phenoxy) is 1. The number of alkyl halides is 1. The lowest BCUT2D eigenvalue weighted by Gasteiger charge is -2.09. The van der Waals surface area contributed by atoms with E-state index in [-0.39, 0.29) is 39.1 Å². The van der Waals surface area contributed by atoms with E-state index >= 15 is 0 Å². The largest absolute Gasteiger partial charge is 0.507 e. The quantitative estimate of drug-likeness (QED) is 0.0964. The van der Waals surface area contributed by atoms with E-state index in [1.54, 1.807) is 12.1 Å². The highest BCUT2D eigenvalue weighted by atomic mass is 35.5. The van der Waals surface area contributed by atoms with Gasteiger partial charge in [-0.15, -0.1) is 11.6 Å². The minimum Gasteiger partial charge on any atom is -0.507 e. The standard InChI is InChI=1S/C20H18ClNO7S2.C7H9NO4S/c21-7-8-30(25,26)12-13-1-3-14(4-2-13)20(24)22-16-6-5-15-9-17(31(27,28)29)11-19(23)18(15)10-16;1-12-7-3-2-5(4-6(7)8)13(9,10)11/h1-6,9-11,23H,7-8,12H2,(H,22,24)(H,27,28,29);2-4H,8H2,1H3,(H,9,10,11). The van der Waals surface area contributed by atoms with Gasteiger partial charge in [-0.2, -0.15) is 16.8 Å². The first-order valence-electron chi connectivity index (χ1n) is 12.3. The summed E-state index contributed by atoms with van der Waals surface area (Å²) in [5.74, 6) is -0.741. The molecule has 0 heterocycles. The number of methoxy groups -OCH3 is 1. The van der Waals surface area contributed by atoms with Gasteiger partial charge in [0.05, 0.1) is 34.1 Å². The molecule has 13 nitrogen and oxygen atoms in total. The van der Waals surface area contributed by atoms with Gasteiger partial charge in [0.1, 0.15) is 11.5 Å². The predicted molar refractivity (Wildman–Crippen MR) is 165 cm³/mol. The number of fused-ring (bicyclic) bond motifs is 1. The van der Waals surface area contributed by atoms with Gasteiger partial charge in [0, 0.05) is 28.6 Å². The molecule has 6 N–H and O–H groups in total. The Kier molecular flexibility index (Phi) is 10.8. The van der Waals surface area contributed by atoms with Crippen molar-refractivity contribution in [3.63, 3.8) is 0 Å². The number of carbonyl (C=O) groups excluding carboxylic acids is 1. The van der Waals surface area contributed by atoms with Crippen molar-refractivity contribution in [1.29, 1.82) is 0 Å². The third-order valence-corrected chi connectivity index (χ3v) is 9.65. The van der Waals surface area contributed by atoms with Gasteiger partial charge in [0.15, 0.2) is 9.84 Å². The Bertz CT molecular complexity index is 2020. The summed E-state index contributed by atoms with van der Waals surface area (Å²) < 4.78 is 90.1. The molecule has 17 heteroatoms. The topological polar surface area (TPSA) is 227 Å². The molecule has 0 spiro atoms. The summed E-state index contributed by atoms with van der Waals surface area (Å²) in [6.45, 7) is 0. The lowest BCUT2D eigenvalue weighted by Crippen LogP contribution is -2.13. The highest BCUT2D eigenvalue weighted by Gasteiger charge is 2.16. The molecule has 0 aromatic heterocycles. The number of halogens is 1. The number of phenols is 1. The second-order valence-electron chi connectivity index (χ2n) is 9.16. The summed E-state index contributed by atoms with van der Waals surface area (Å²) in [6, 6.07) is 16.4. The van der Waals surface area contributed by atoms with Crippen LogP contribution >= 0.6 is 11.6 Å². The number of aromatic hydroxyl groups is 1. The summed E-state index contributed by atoms with van der Waals surface area (Å²) in [5, 5.41) is 13.4. The highest BCUT2D eigenvalue weighted by Crippen LogP contribution is 2.31. The Balaban J connectivity index is 0.000000340. The van der Waals surface area contributed by atoms with Crippen molar-refractivity contribution in [3.05, 3.63) is 83.9 Å². The van der Waals surface area contributed by atoms with Gasteiger partial charge >= 0.3 is 0 Å². The summed E-state index contributed by atoms with van der Waals surface area (Å²) >= 11 is 5.48. The molecular weight excluding hydrogens is 660 g/mol. The summed E-state index contributed by atoms with van der Waals surface area (Å²) in [7, 11) is -10.6. The van der Waals surface area contributed by atoms with Gasteiger partial charge in [-0.3, -0.25) is 13.9 Å². The van der Waals surface area contributed by atoms with E-state index in [0.717, 1.165) is 12.1 Å². The van der Waals surface area contributed by atoms with E-state index in [4.69, 9.17) is 31.2 Å². The smallest absolute Gasteiger partial charge is 0.294 e. The molecule has 0 unspecified atom stereocenters. The van der Waals surface area contributed by atoms with Crippen molar-refractivity contribution >= 4 is 69.7 Å². The normalized spacial score (nSPS) is 11.8. The Hall–Kier alpha value is -3.93. The molecule has 1 amide bonds. The lowest BCUT2D eigenvalue weighted by atomic mass is 10.1. The van der Waals surface area contributed by atoms with Crippen LogP contribution in [0.25, 0.3) is 10.8 Å². The molecule has 0 radical (unpaired) electrons. The first kappa shape index (κ1) is 34.6. The molecule has 0 atom stereocenters. The third kappa shape index (κ3) is 9.28. The second kappa shape index (κ2) is 13.8. The Labute approximate surface area is 258 Å². The van der Waals surface area contributed by atoms with Crippen molar-refractivity contribution < 1.29 is 49.0 Å². The van der Waals surface area contributed by atoms with Crippen molar-refractivity contribution in [2.45, 2.75) is 15.5 Å². The minimum atomic E-state index is -4.47. The van der Waals surface area contributed by atoms with Crippen LogP contribution in [0.5, 0.6) is 11.5 Å². The van der Waals surface area contributed by atoms with E-state index in [2.05, 4.69) is 5.32 Å². The minimum absolute atomic E-state index is 0.0151. The first-order chi connectivity index (χ1) is 20.4. The number of phenolic OH excluding ortho intramolecular Hbond substituents is 1. The predicted octanol–water partition coefficient (Wildman–Crippen LogP) is 3.72. The summed E-state index contributed by atoms with van der Waals surface area (Å²) in [6.07, 6.45) is 0. The molecule has 4 aromatic carbocycles. The monoisotopic (exact) mass is 686 g/mol. The number of sulfone groups is 1. The van der Waals surface area contributed by atoms with Crippen LogP contribution in [0, 0.1) is 0 Å². The first-order valence-corrected chi connectivity index (χ1v) is 17.5. The summed E-state index contributed by atoms with van der Waals surface area (Å²) in [5.41, 5.74) is 6.77. The highest BCUT2D eigenvalue weighted by molar-refractivity contribution is 7.90. The number of nitrogen functional groups attached to an aromatic ring is 1. The maximum atomic E-state index is 12.5. The van der Waals surface area contributed by atoms with E-state index in [9.17, 15) is 35.2 Å². The van der Waals surface area contributed by atoms with Crippen molar-refractivity contribution in [3.8, 4) is 11.5 Å². The Morgan fingerprint density at radius 2 is 1.50 bits per heavy atom.